The van der Waals surface area contributed by atoms with E-state index in [4.69, 9.17) is 0 Å². The monoisotopic (exact) mass is 444 g/mol. The Kier molecular flexibility index (Phi) is 7.21. The smallest absolute Gasteiger partial charge is 0.417 e. The molecule has 0 aliphatic carbocycles. The number of rotatable bonds is 7. The number of carbonyl (C=O) groups is 2. The second-order valence-corrected chi connectivity index (χ2v) is 7.93. The van der Waals surface area contributed by atoms with E-state index in [9.17, 15) is 31.2 Å². The van der Waals surface area contributed by atoms with Gasteiger partial charge in [0.25, 0.3) is 0 Å². The van der Waals surface area contributed by atoms with Crippen molar-refractivity contribution in [1.82, 2.24) is 10.0 Å². The van der Waals surface area contributed by atoms with Gasteiger partial charge in [0, 0.05) is 6.54 Å². The molecule has 0 bridgehead atoms. The molecule has 162 valence electrons. The summed E-state index contributed by atoms with van der Waals surface area (Å²) in [5, 5.41) is 2.48. The largest absolute Gasteiger partial charge is 0.465 e. The van der Waals surface area contributed by atoms with Crippen LogP contribution in [0.3, 0.4) is 0 Å². The van der Waals surface area contributed by atoms with Crippen LogP contribution in [0.5, 0.6) is 0 Å². The van der Waals surface area contributed by atoms with E-state index >= 15 is 0 Å². The Bertz CT molecular complexity index is 1020. The highest BCUT2D eigenvalue weighted by molar-refractivity contribution is 7.89. The van der Waals surface area contributed by atoms with E-state index in [0.717, 1.165) is 18.2 Å². The fourth-order valence-corrected chi connectivity index (χ4v) is 3.93. The van der Waals surface area contributed by atoms with Gasteiger partial charge in [0.1, 0.15) is 0 Å². The van der Waals surface area contributed by atoms with Crippen LogP contribution in [-0.2, 0) is 32.3 Å². The van der Waals surface area contributed by atoms with Gasteiger partial charge in [0.05, 0.1) is 29.2 Å². The number of ether oxygens (including phenoxy) is 1. The van der Waals surface area contributed by atoms with E-state index in [0.29, 0.717) is 17.2 Å². The maximum atomic E-state index is 13.1. The topological polar surface area (TPSA) is 102 Å². The molecule has 2 aromatic rings. The van der Waals surface area contributed by atoms with Crippen LogP contribution in [0.2, 0.25) is 0 Å². The van der Waals surface area contributed by atoms with Crippen LogP contribution in [0, 0.1) is 0 Å². The van der Waals surface area contributed by atoms with Gasteiger partial charge in [-0.3, -0.25) is 4.79 Å². The van der Waals surface area contributed by atoms with Crippen molar-refractivity contribution in [3.05, 3.63) is 65.2 Å². The summed E-state index contributed by atoms with van der Waals surface area (Å²) in [5.41, 5.74) is -0.388. The average Bonchev–Trinajstić information content (AvgIpc) is 2.70. The minimum Gasteiger partial charge on any atom is -0.465 e. The zero-order chi connectivity index (χ0) is 22.5. The van der Waals surface area contributed by atoms with Gasteiger partial charge < -0.3 is 10.1 Å². The number of methoxy groups -OCH3 is 1. The molecule has 2 rings (SSSR count). The number of benzene rings is 2. The van der Waals surface area contributed by atoms with Gasteiger partial charge in [-0.1, -0.05) is 24.3 Å². The summed E-state index contributed by atoms with van der Waals surface area (Å²) in [4.78, 5) is 22.6. The molecular weight excluding hydrogens is 425 g/mol. The molecule has 0 saturated heterocycles. The van der Waals surface area contributed by atoms with Gasteiger partial charge in [-0.05, 0) is 36.8 Å². The first-order chi connectivity index (χ1) is 14.0. The minimum atomic E-state index is -4.87. The molecule has 0 radical (unpaired) electrons. The molecule has 1 amide bonds. The van der Waals surface area contributed by atoms with Gasteiger partial charge in [0.2, 0.25) is 15.9 Å². The minimum absolute atomic E-state index is 0.0193. The van der Waals surface area contributed by atoms with Crippen molar-refractivity contribution in [2.45, 2.75) is 30.6 Å². The molecule has 0 spiro atoms. The van der Waals surface area contributed by atoms with Crippen LogP contribution in [0.25, 0.3) is 0 Å². The number of alkyl halides is 3. The average molecular weight is 444 g/mol. The third-order valence-corrected chi connectivity index (χ3v) is 5.65. The molecular formula is C19H19F3N2O5S. The number of halogens is 3. The molecule has 0 unspecified atom stereocenters. The third kappa shape index (κ3) is 5.80. The van der Waals surface area contributed by atoms with Crippen molar-refractivity contribution in [3.63, 3.8) is 0 Å². The lowest BCUT2D eigenvalue weighted by Crippen LogP contribution is -2.44. The predicted molar refractivity (Wildman–Crippen MR) is 101 cm³/mol. The fourth-order valence-electron chi connectivity index (χ4n) is 2.50. The molecule has 11 heteroatoms. The molecule has 0 heterocycles. The van der Waals surface area contributed by atoms with Gasteiger partial charge in [-0.25, -0.2) is 13.2 Å². The molecule has 2 N–H and O–H groups in total. The third-order valence-electron chi connectivity index (χ3n) is 4.05. The summed E-state index contributed by atoms with van der Waals surface area (Å²) < 4.78 is 70.5. The number of sulfonamides is 1. The van der Waals surface area contributed by atoms with Crippen molar-refractivity contribution in [2.75, 3.05) is 7.11 Å². The van der Waals surface area contributed by atoms with Crippen LogP contribution >= 0.6 is 0 Å². The lowest BCUT2D eigenvalue weighted by Gasteiger charge is -2.17. The van der Waals surface area contributed by atoms with Gasteiger partial charge in [-0.2, -0.15) is 17.9 Å². The quantitative estimate of drug-likeness (QED) is 0.639. The molecule has 0 fully saturated rings. The number of hydrogen-bond donors (Lipinski definition) is 2. The Morgan fingerprint density at radius 2 is 1.67 bits per heavy atom. The summed E-state index contributed by atoms with van der Waals surface area (Å²) in [6, 6.07) is 8.50. The van der Waals surface area contributed by atoms with Crippen molar-refractivity contribution in [3.8, 4) is 0 Å². The predicted octanol–water partition coefficient (Wildman–Crippen LogP) is 2.48. The number of carbonyl (C=O) groups excluding carboxylic acids is 2. The first-order valence-corrected chi connectivity index (χ1v) is 10.1. The van der Waals surface area contributed by atoms with Crippen LogP contribution in [0.1, 0.15) is 28.4 Å². The number of esters is 1. The lowest BCUT2D eigenvalue weighted by atomic mass is 10.1. The SMILES string of the molecule is COC(=O)c1ccc(CNC(=O)[C@H](C)NS(=O)(=O)c2ccccc2C(F)(F)F)cc1. The van der Waals surface area contributed by atoms with E-state index in [1.54, 1.807) is 12.1 Å². The summed E-state index contributed by atoms with van der Waals surface area (Å²) >= 11 is 0. The summed E-state index contributed by atoms with van der Waals surface area (Å²) in [6.45, 7) is 1.23. The fraction of sp³-hybridized carbons (Fsp3) is 0.263. The Balaban J connectivity index is 2.04. The second kappa shape index (κ2) is 9.26. The summed E-state index contributed by atoms with van der Waals surface area (Å²) in [5.74, 6) is -1.26. The summed E-state index contributed by atoms with van der Waals surface area (Å²) in [7, 11) is -3.36. The normalized spacial score (nSPS) is 12.8. The van der Waals surface area contributed by atoms with Crippen molar-refractivity contribution >= 4 is 21.9 Å². The number of amides is 1. The number of nitrogens with one attached hydrogen (secondary N) is 2. The van der Waals surface area contributed by atoms with Crippen LogP contribution in [-0.4, -0.2) is 33.4 Å². The first kappa shape index (κ1) is 23.4. The highest BCUT2D eigenvalue weighted by atomic mass is 32.2. The highest BCUT2D eigenvalue weighted by Gasteiger charge is 2.37. The Morgan fingerprint density at radius 1 is 1.07 bits per heavy atom. The molecule has 7 nitrogen and oxygen atoms in total. The molecule has 30 heavy (non-hydrogen) atoms. The maximum absolute atomic E-state index is 13.1. The van der Waals surface area contributed by atoms with E-state index in [1.807, 2.05) is 4.72 Å². The standard InChI is InChI=1S/C19H19F3N2O5S/c1-12(17(25)23-11-13-7-9-14(10-8-13)18(26)29-2)24-30(27,28)16-6-4-3-5-15(16)19(20,21)22/h3-10,12,24H,11H2,1-2H3,(H,23,25)/t12-/m0/s1. The zero-order valence-corrected chi connectivity index (χ0v) is 16.8. The Hall–Kier alpha value is -2.92. The first-order valence-electron chi connectivity index (χ1n) is 8.59. The van der Waals surface area contributed by atoms with Gasteiger partial charge >= 0.3 is 12.1 Å². The van der Waals surface area contributed by atoms with E-state index < -0.39 is 44.6 Å². The van der Waals surface area contributed by atoms with E-state index in [2.05, 4.69) is 10.1 Å². The van der Waals surface area contributed by atoms with Crippen LogP contribution in [0.4, 0.5) is 13.2 Å². The molecule has 0 aromatic heterocycles. The molecule has 0 aliphatic heterocycles. The molecule has 2 aromatic carbocycles. The lowest BCUT2D eigenvalue weighted by molar-refractivity contribution is -0.139. The van der Waals surface area contributed by atoms with Crippen LogP contribution < -0.4 is 10.0 Å². The highest BCUT2D eigenvalue weighted by Crippen LogP contribution is 2.33. The Morgan fingerprint density at radius 3 is 2.23 bits per heavy atom. The van der Waals surface area contributed by atoms with Crippen molar-refractivity contribution in [2.24, 2.45) is 0 Å². The van der Waals surface area contributed by atoms with Crippen LogP contribution in [0.15, 0.2) is 53.4 Å². The Labute approximate surface area is 171 Å². The molecule has 0 aliphatic rings. The maximum Gasteiger partial charge on any atom is 0.417 e. The molecule has 1 atom stereocenters. The zero-order valence-electron chi connectivity index (χ0n) is 16.0. The summed E-state index contributed by atoms with van der Waals surface area (Å²) in [6.07, 6.45) is -4.87. The van der Waals surface area contributed by atoms with Gasteiger partial charge in [-0.15, -0.1) is 0 Å². The van der Waals surface area contributed by atoms with E-state index in [-0.39, 0.29) is 6.54 Å². The molecule has 0 saturated carbocycles. The second-order valence-electron chi connectivity index (χ2n) is 6.24. The van der Waals surface area contributed by atoms with E-state index in [1.165, 1.54) is 26.2 Å². The van der Waals surface area contributed by atoms with Gasteiger partial charge in [0.15, 0.2) is 0 Å². The van der Waals surface area contributed by atoms with Crippen molar-refractivity contribution < 1.29 is 35.9 Å². The van der Waals surface area contributed by atoms with Crippen molar-refractivity contribution in [1.29, 1.82) is 0 Å². The number of hydrogen-bond acceptors (Lipinski definition) is 5.